The molecule has 0 aliphatic heterocycles. The second kappa shape index (κ2) is 6.98. The summed E-state index contributed by atoms with van der Waals surface area (Å²) < 4.78 is 5.86. The minimum absolute atomic E-state index is 0.0172. The van der Waals surface area contributed by atoms with Gasteiger partial charge in [0.05, 0.1) is 5.02 Å². The number of nitrogens with two attached hydrogens (primary N) is 1. The zero-order chi connectivity index (χ0) is 14.5. The highest BCUT2D eigenvalue weighted by Crippen LogP contribution is 2.33. The Hall–Kier alpha value is -1.22. The molecule has 0 saturated heterocycles. The van der Waals surface area contributed by atoms with Crippen LogP contribution in [-0.4, -0.2) is 6.04 Å². The topological polar surface area (TPSA) is 35.2 Å². The van der Waals surface area contributed by atoms with Crippen LogP contribution in [0.2, 0.25) is 10.0 Å². The Morgan fingerprint density at radius 2 is 1.85 bits per heavy atom. The molecule has 4 heteroatoms. The first-order chi connectivity index (χ1) is 9.56. The Morgan fingerprint density at radius 3 is 2.50 bits per heavy atom. The number of benzene rings is 2. The summed E-state index contributed by atoms with van der Waals surface area (Å²) in [4.78, 5) is 0. The lowest BCUT2D eigenvalue weighted by molar-refractivity contribution is 0.302. The molecule has 0 heterocycles. The fraction of sp³-hybridized carbons (Fsp3) is 0.250. The van der Waals surface area contributed by atoms with E-state index >= 15 is 0 Å². The zero-order valence-electron chi connectivity index (χ0n) is 11.3. The van der Waals surface area contributed by atoms with Crippen molar-refractivity contribution >= 4 is 23.2 Å². The molecule has 2 aromatic rings. The summed E-state index contributed by atoms with van der Waals surface area (Å²) in [5.41, 5.74) is 7.89. The van der Waals surface area contributed by atoms with E-state index in [0.717, 1.165) is 11.1 Å². The third kappa shape index (κ3) is 4.14. The molecular formula is C16H17Cl2NO. The number of ether oxygens (including phenoxy) is 1. The molecule has 2 aromatic carbocycles. The zero-order valence-corrected chi connectivity index (χ0v) is 12.8. The quantitative estimate of drug-likeness (QED) is 0.885. The summed E-state index contributed by atoms with van der Waals surface area (Å²) >= 11 is 12.3. The Morgan fingerprint density at radius 1 is 1.15 bits per heavy atom. The average molecular weight is 310 g/mol. The van der Waals surface area contributed by atoms with Gasteiger partial charge in [-0.3, -0.25) is 0 Å². The largest absolute Gasteiger partial charge is 0.487 e. The third-order valence-electron chi connectivity index (χ3n) is 2.85. The molecule has 106 valence electrons. The molecule has 0 spiro atoms. The summed E-state index contributed by atoms with van der Waals surface area (Å²) in [7, 11) is 0. The van der Waals surface area contributed by atoms with Gasteiger partial charge in [-0.1, -0.05) is 53.5 Å². The molecule has 0 aromatic heterocycles. The summed E-state index contributed by atoms with van der Waals surface area (Å²) in [6.45, 7) is 2.41. The minimum Gasteiger partial charge on any atom is -0.487 e. The Kier molecular flexibility index (Phi) is 5.30. The van der Waals surface area contributed by atoms with Crippen molar-refractivity contribution in [3.05, 3.63) is 63.6 Å². The molecule has 0 aliphatic rings. The molecule has 0 bridgehead atoms. The number of hydrogen-bond acceptors (Lipinski definition) is 2. The molecule has 0 amide bonds. The number of halogens is 2. The van der Waals surface area contributed by atoms with Gasteiger partial charge in [0.25, 0.3) is 0 Å². The molecule has 0 radical (unpaired) electrons. The maximum atomic E-state index is 6.23. The first kappa shape index (κ1) is 15.2. The number of rotatable bonds is 5. The predicted molar refractivity (Wildman–Crippen MR) is 84.6 cm³/mol. The molecular weight excluding hydrogens is 293 g/mol. The highest BCUT2D eigenvalue weighted by molar-refractivity contribution is 6.35. The van der Waals surface area contributed by atoms with Crippen molar-refractivity contribution in [2.45, 2.75) is 26.0 Å². The highest BCUT2D eigenvalue weighted by Gasteiger charge is 2.12. The standard InChI is InChI=1S/C16H17Cl2NO/c1-11(19)7-13-8-14(17)9-15(18)16(13)20-10-12-5-3-2-4-6-12/h2-6,8-9,11H,7,10,19H2,1H3. The van der Waals surface area contributed by atoms with E-state index in [9.17, 15) is 0 Å². The summed E-state index contributed by atoms with van der Waals surface area (Å²) in [6.07, 6.45) is 0.671. The SMILES string of the molecule is CC(N)Cc1cc(Cl)cc(Cl)c1OCc1ccccc1. The summed E-state index contributed by atoms with van der Waals surface area (Å²) in [5, 5.41) is 1.11. The van der Waals surface area contributed by atoms with Crippen molar-refractivity contribution in [1.29, 1.82) is 0 Å². The van der Waals surface area contributed by atoms with Crippen LogP contribution in [0.4, 0.5) is 0 Å². The van der Waals surface area contributed by atoms with Crippen molar-refractivity contribution in [2.24, 2.45) is 5.73 Å². The maximum Gasteiger partial charge on any atom is 0.141 e. The van der Waals surface area contributed by atoms with Crippen LogP contribution in [0.25, 0.3) is 0 Å². The van der Waals surface area contributed by atoms with Crippen LogP contribution in [0.15, 0.2) is 42.5 Å². The lowest BCUT2D eigenvalue weighted by Gasteiger charge is -2.15. The van der Waals surface area contributed by atoms with Crippen molar-refractivity contribution < 1.29 is 4.74 Å². The molecule has 0 fully saturated rings. The Balaban J connectivity index is 2.21. The van der Waals surface area contributed by atoms with Crippen LogP contribution in [0.1, 0.15) is 18.1 Å². The van der Waals surface area contributed by atoms with E-state index in [1.807, 2.05) is 43.3 Å². The lowest BCUT2D eigenvalue weighted by atomic mass is 10.1. The maximum absolute atomic E-state index is 6.23. The van der Waals surface area contributed by atoms with E-state index in [1.165, 1.54) is 0 Å². The summed E-state index contributed by atoms with van der Waals surface area (Å²) in [6, 6.07) is 13.5. The van der Waals surface area contributed by atoms with E-state index in [-0.39, 0.29) is 6.04 Å². The van der Waals surface area contributed by atoms with E-state index in [0.29, 0.717) is 28.8 Å². The van der Waals surface area contributed by atoms with Crippen LogP contribution in [0, 0.1) is 0 Å². The van der Waals surface area contributed by atoms with Crippen molar-refractivity contribution in [2.75, 3.05) is 0 Å². The van der Waals surface area contributed by atoms with Gasteiger partial charge in [0, 0.05) is 11.1 Å². The Bertz CT molecular complexity index is 570. The molecule has 20 heavy (non-hydrogen) atoms. The highest BCUT2D eigenvalue weighted by atomic mass is 35.5. The van der Waals surface area contributed by atoms with Crippen molar-refractivity contribution in [3.63, 3.8) is 0 Å². The van der Waals surface area contributed by atoms with Gasteiger partial charge in [-0.25, -0.2) is 0 Å². The van der Waals surface area contributed by atoms with E-state index in [1.54, 1.807) is 6.07 Å². The second-order valence-electron chi connectivity index (χ2n) is 4.83. The number of hydrogen-bond donors (Lipinski definition) is 1. The van der Waals surface area contributed by atoms with Crippen LogP contribution in [0.5, 0.6) is 5.75 Å². The van der Waals surface area contributed by atoms with Crippen molar-refractivity contribution in [3.8, 4) is 5.75 Å². The molecule has 2 rings (SSSR count). The molecule has 1 atom stereocenters. The fourth-order valence-electron chi connectivity index (χ4n) is 2.00. The van der Waals surface area contributed by atoms with Gasteiger partial charge in [0.1, 0.15) is 12.4 Å². The average Bonchev–Trinajstić information content (AvgIpc) is 2.38. The Labute approximate surface area is 129 Å². The van der Waals surface area contributed by atoms with E-state index in [2.05, 4.69) is 0 Å². The monoisotopic (exact) mass is 309 g/mol. The van der Waals surface area contributed by atoms with Gasteiger partial charge in [-0.05, 0) is 36.6 Å². The first-order valence-electron chi connectivity index (χ1n) is 6.46. The van der Waals surface area contributed by atoms with Gasteiger partial charge < -0.3 is 10.5 Å². The van der Waals surface area contributed by atoms with Gasteiger partial charge in [-0.15, -0.1) is 0 Å². The van der Waals surface area contributed by atoms with Gasteiger partial charge in [0.15, 0.2) is 0 Å². The van der Waals surface area contributed by atoms with E-state index < -0.39 is 0 Å². The molecule has 0 saturated carbocycles. The predicted octanol–water partition coefficient (Wildman–Crippen LogP) is 4.46. The second-order valence-corrected chi connectivity index (χ2v) is 5.68. The lowest BCUT2D eigenvalue weighted by Crippen LogP contribution is -2.18. The van der Waals surface area contributed by atoms with Crippen LogP contribution < -0.4 is 10.5 Å². The van der Waals surface area contributed by atoms with Gasteiger partial charge >= 0.3 is 0 Å². The van der Waals surface area contributed by atoms with Crippen LogP contribution >= 0.6 is 23.2 Å². The van der Waals surface area contributed by atoms with Gasteiger partial charge in [0.2, 0.25) is 0 Å². The molecule has 2 nitrogen and oxygen atoms in total. The third-order valence-corrected chi connectivity index (χ3v) is 3.35. The summed E-state index contributed by atoms with van der Waals surface area (Å²) in [5.74, 6) is 0.664. The smallest absolute Gasteiger partial charge is 0.141 e. The van der Waals surface area contributed by atoms with Crippen LogP contribution in [0.3, 0.4) is 0 Å². The first-order valence-corrected chi connectivity index (χ1v) is 7.22. The van der Waals surface area contributed by atoms with Gasteiger partial charge in [-0.2, -0.15) is 0 Å². The van der Waals surface area contributed by atoms with Crippen LogP contribution in [-0.2, 0) is 13.0 Å². The van der Waals surface area contributed by atoms with E-state index in [4.69, 9.17) is 33.7 Å². The van der Waals surface area contributed by atoms with Crippen molar-refractivity contribution in [1.82, 2.24) is 0 Å². The molecule has 0 aliphatic carbocycles. The molecule has 1 unspecified atom stereocenters. The fourth-order valence-corrected chi connectivity index (χ4v) is 2.59. The molecule has 2 N–H and O–H groups in total. The normalized spacial score (nSPS) is 12.2. The minimum atomic E-state index is 0.0172.